The third-order valence-electron chi connectivity index (χ3n) is 5.26. The van der Waals surface area contributed by atoms with E-state index in [4.69, 9.17) is 0 Å². The van der Waals surface area contributed by atoms with Crippen molar-refractivity contribution in [2.75, 3.05) is 6.54 Å². The summed E-state index contributed by atoms with van der Waals surface area (Å²) in [7, 11) is 0. The van der Waals surface area contributed by atoms with Gasteiger partial charge in [-0.15, -0.1) is 0 Å². The van der Waals surface area contributed by atoms with Crippen molar-refractivity contribution < 1.29 is 14.4 Å². The molecular weight excluding hydrogens is 340 g/mol. The Kier molecular flexibility index (Phi) is 8.01. The number of hydrogen-bond donors (Lipinski definition) is 1. The number of rotatable bonds is 13. The molecule has 1 aliphatic rings. The van der Waals surface area contributed by atoms with Crippen LogP contribution >= 0.6 is 0 Å². The first-order valence-electron chi connectivity index (χ1n) is 10.1. The van der Waals surface area contributed by atoms with Crippen LogP contribution in [0.4, 0.5) is 0 Å². The highest BCUT2D eigenvalue weighted by Crippen LogP contribution is 2.23. The summed E-state index contributed by atoms with van der Waals surface area (Å²) in [5.41, 5.74) is 0.967. The summed E-state index contributed by atoms with van der Waals surface area (Å²) in [6.45, 7) is 4.62. The van der Waals surface area contributed by atoms with Crippen LogP contribution in [0.1, 0.15) is 92.4 Å². The average molecular weight is 373 g/mol. The van der Waals surface area contributed by atoms with E-state index in [1.807, 2.05) is 0 Å². The molecule has 5 nitrogen and oxygen atoms in total. The van der Waals surface area contributed by atoms with Gasteiger partial charge in [0, 0.05) is 12.1 Å². The second kappa shape index (κ2) is 10.2. The van der Waals surface area contributed by atoms with Crippen LogP contribution in [0, 0.1) is 0 Å². The molecule has 3 amide bonds. The van der Waals surface area contributed by atoms with Gasteiger partial charge in [0.25, 0.3) is 11.8 Å². The van der Waals surface area contributed by atoms with Crippen LogP contribution in [0.25, 0.3) is 0 Å². The van der Waals surface area contributed by atoms with Crippen molar-refractivity contribution in [2.24, 2.45) is 0 Å². The Morgan fingerprint density at radius 3 is 1.85 bits per heavy atom. The summed E-state index contributed by atoms with van der Waals surface area (Å²) in [4.78, 5) is 36.4. The van der Waals surface area contributed by atoms with Crippen molar-refractivity contribution in [2.45, 2.75) is 77.2 Å². The largest absolute Gasteiger partial charge is 0.354 e. The molecule has 0 fully saturated rings. The Hall–Kier alpha value is -2.17. The minimum absolute atomic E-state index is 0.105. The smallest absolute Gasteiger partial charge is 0.261 e. The standard InChI is InChI=1S/C22H32N2O3/c1-22(2,23-17-25)15-11-7-5-3-4-6-8-12-16-24-20(26)18-13-9-10-14-19(18)21(24)27/h9-10,13-14,17H,3-8,11-12,15-16H2,1-2H3,(H,23,25). The van der Waals surface area contributed by atoms with Gasteiger partial charge in [-0.2, -0.15) is 0 Å². The maximum atomic E-state index is 12.3. The monoisotopic (exact) mass is 372 g/mol. The number of benzene rings is 1. The Morgan fingerprint density at radius 1 is 0.852 bits per heavy atom. The molecule has 0 atom stereocenters. The van der Waals surface area contributed by atoms with Gasteiger partial charge in [-0.05, 0) is 38.8 Å². The molecular formula is C22H32N2O3. The quantitative estimate of drug-likeness (QED) is 0.319. The third-order valence-corrected chi connectivity index (χ3v) is 5.26. The van der Waals surface area contributed by atoms with Crippen molar-refractivity contribution >= 4 is 18.2 Å². The Labute approximate surface area is 162 Å². The van der Waals surface area contributed by atoms with Crippen LogP contribution in [0.3, 0.4) is 0 Å². The molecule has 0 radical (unpaired) electrons. The Balaban J connectivity index is 1.51. The van der Waals surface area contributed by atoms with Gasteiger partial charge in [0.15, 0.2) is 0 Å². The highest BCUT2D eigenvalue weighted by Gasteiger charge is 2.34. The van der Waals surface area contributed by atoms with Crippen LogP contribution in [0.5, 0.6) is 0 Å². The van der Waals surface area contributed by atoms with Crippen molar-refractivity contribution in [3.05, 3.63) is 35.4 Å². The van der Waals surface area contributed by atoms with E-state index in [1.165, 1.54) is 30.6 Å². The van der Waals surface area contributed by atoms with Gasteiger partial charge in [-0.25, -0.2) is 0 Å². The number of unbranched alkanes of at least 4 members (excludes halogenated alkanes) is 7. The summed E-state index contributed by atoms with van der Waals surface area (Å²) in [6.07, 6.45) is 10.8. The minimum Gasteiger partial charge on any atom is -0.354 e. The summed E-state index contributed by atoms with van der Waals surface area (Å²) in [5, 5.41) is 2.85. The second-order valence-electron chi connectivity index (χ2n) is 8.03. The van der Waals surface area contributed by atoms with E-state index in [9.17, 15) is 14.4 Å². The molecule has 5 heteroatoms. The molecule has 1 aromatic rings. The maximum Gasteiger partial charge on any atom is 0.261 e. The SMILES string of the molecule is CC(C)(CCCCCCCCCCN1C(=O)c2ccccc2C1=O)NC=O. The maximum absolute atomic E-state index is 12.3. The number of nitrogens with one attached hydrogen (secondary N) is 1. The number of imide groups is 1. The topological polar surface area (TPSA) is 66.5 Å². The third kappa shape index (κ3) is 6.19. The van der Waals surface area contributed by atoms with Gasteiger partial charge < -0.3 is 5.32 Å². The average Bonchev–Trinajstić information content (AvgIpc) is 2.88. The number of hydrogen-bond acceptors (Lipinski definition) is 3. The molecule has 0 spiro atoms. The summed E-state index contributed by atoms with van der Waals surface area (Å²) >= 11 is 0. The zero-order chi connectivity index (χ0) is 19.7. The lowest BCUT2D eigenvalue weighted by molar-refractivity contribution is -0.111. The van der Waals surface area contributed by atoms with Gasteiger partial charge in [0.2, 0.25) is 6.41 Å². The fourth-order valence-electron chi connectivity index (χ4n) is 3.57. The van der Waals surface area contributed by atoms with Crippen LogP contribution < -0.4 is 5.32 Å². The Morgan fingerprint density at radius 2 is 1.33 bits per heavy atom. The molecule has 0 saturated carbocycles. The molecule has 1 heterocycles. The molecule has 1 N–H and O–H groups in total. The summed E-state index contributed by atoms with van der Waals surface area (Å²) < 4.78 is 0. The fraction of sp³-hybridized carbons (Fsp3) is 0.591. The van der Waals surface area contributed by atoms with E-state index in [1.54, 1.807) is 24.3 Å². The zero-order valence-electron chi connectivity index (χ0n) is 16.6. The highest BCUT2D eigenvalue weighted by molar-refractivity contribution is 6.21. The number of carbonyl (C=O) groups is 3. The summed E-state index contributed by atoms with van der Waals surface area (Å²) in [5.74, 6) is -0.301. The molecule has 148 valence electrons. The molecule has 1 aromatic carbocycles. The molecule has 1 aliphatic heterocycles. The number of carbonyl (C=O) groups excluding carboxylic acids is 3. The molecule has 0 saturated heterocycles. The van der Waals surface area contributed by atoms with Crippen molar-refractivity contribution in [3.8, 4) is 0 Å². The molecule has 0 unspecified atom stereocenters. The minimum atomic E-state index is -0.150. The van der Waals surface area contributed by atoms with Crippen LogP contribution in [-0.2, 0) is 4.79 Å². The van der Waals surface area contributed by atoms with Crippen molar-refractivity contribution in [3.63, 3.8) is 0 Å². The summed E-state index contributed by atoms with van der Waals surface area (Å²) in [6, 6.07) is 7.05. The van der Waals surface area contributed by atoms with E-state index < -0.39 is 0 Å². The van der Waals surface area contributed by atoms with E-state index in [-0.39, 0.29) is 17.4 Å². The molecule has 0 aromatic heterocycles. The van der Waals surface area contributed by atoms with Crippen LogP contribution in [0.15, 0.2) is 24.3 Å². The molecule has 27 heavy (non-hydrogen) atoms. The van der Waals surface area contributed by atoms with Gasteiger partial charge >= 0.3 is 0 Å². The first-order chi connectivity index (χ1) is 13.0. The number of nitrogens with zero attached hydrogens (tertiary/aromatic N) is 1. The predicted molar refractivity (Wildman–Crippen MR) is 107 cm³/mol. The van der Waals surface area contributed by atoms with Crippen molar-refractivity contribution in [1.29, 1.82) is 0 Å². The molecule has 0 aliphatic carbocycles. The van der Waals surface area contributed by atoms with Gasteiger partial charge in [-0.3, -0.25) is 19.3 Å². The lowest BCUT2D eigenvalue weighted by atomic mass is 9.96. The Bertz CT molecular complexity index is 620. The van der Waals surface area contributed by atoms with Gasteiger partial charge in [0.05, 0.1) is 11.1 Å². The van der Waals surface area contributed by atoms with E-state index in [0.29, 0.717) is 17.7 Å². The predicted octanol–water partition coefficient (Wildman–Crippen LogP) is 4.32. The first-order valence-corrected chi connectivity index (χ1v) is 10.1. The van der Waals surface area contributed by atoms with Gasteiger partial charge in [-0.1, -0.05) is 57.1 Å². The molecule has 0 bridgehead atoms. The number of amides is 3. The van der Waals surface area contributed by atoms with E-state index in [2.05, 4.69) is 19.2 Å². The van der Waals surface area contributed by atoms with Crippen LogP contribution in [-0.4, -0.2) is 35.2 Å². The van der Waals surface area contributed by atoms with Gasteiger partial charge in [0.1, 0.15) is 0 Å². The lowest BCUT2D eigenvalue weighted by Gasteiger charge is -2.23. The lowest BCUT2D eigenvalue weighted by Crippen LogP contribution is -2.37. The second-order valence-corrected chi connectivity index (χ2v) is 8.03. The van der Waals surface area contributed by atoms with Crippen molar-refractivity contribution in [1.82, 2.24) is 10.2 Å². The fourth-order valence-corrected chi connectivity index (χ4v) is 3.57. The van der Waals surface area contributed by atoms with Crippen LogP contribution in [0.2, 0.25) is 0 Å². The van der Waals surface area contributed by atoms with E-state index in [0.717, 1.165) is 38.5 Å². The zero-order valence-corrected chi connectivity index (χ0v) is 16.6. The highest BCUT2D eigenvalue weighted by atomic mass is 16.2. The normalized spacial score (nSPS) is 13.8. The number of fused-ring (bicyclic) bond motifs is 1. The molecule has 2 rings (SSSR count). The first kappa shape index (κ1) is 21.1. The van der Waals surface area contributed by atoms with E-state index >= 15 is 0 Å².